The molecular weight excluding hydrogens is 352 g/mol. The van der Waals surface area contributed by atoms with E-state index in [1.54, 1.807) is 0 Å². The largest absolute Gasteiger partial charge is 0.465 e. The van der Waals surface area contributed by atoms with Crippen LogP contribution >= 0.6 is 0 Å². The molecular formula is C24H38O4. The lowest BCUT2D eigenvalue weighted by molar-refractivity contribution is -0.173. The summed E-state index contributed by atoms with van der Waals surface area (Å²) in [6.07, 6.45) is 9.56. The first-order valence-corrected chi connectivity index (χ1v) is 11.0. The van der Waals surface area contributed by atoms with Crippen molar-refractivity contribution in [2.75, 3.05) is 13.2 Å². The van der Waals surface area contributed by atoms with Gasteiger partial charge in [0.25, 0.3) is 0 Å². The Balaban J connectivity index is 2.40. The van der Waals surface area contributed by atoms with Crippen molar-refractivity contribution in [3.8, 4) is 0 Å². The second-order valence-corrected chi connectivity index (χ2v) is 7.42. The van der Waals surface area contributed by atoms with Crippen LogP contribution in [0.1, 0.15) is 84.1 Å². The molecule has 0 atom stereocenters. The van der Waals surface area contributed by atoms with Gasteiger partial charge in [-0.15, -0.1) is 0 Å². The fourth-order valence-electron chi connectivity index (χ4n) is 3.32. The smallest absolute Gasteiger partial charge is 0.323 e. The maximum absolute atomic E-state index is 12.7. The number of rotatable bonds is 15. The Morgan fingerprint density at radius 1 is 0.750 bits per heavy atom. The van der Waals surface area contributed by atoms with E-state index < -0.39 is 17.4 Å². The molecule has 0 unspecified atom stereocenters. The predicted octanol–water partition coefficient (Wildman–Crippen LogP) is 5.87. The van der Waals surface area contributed by atoms with E-state index in [1.807, 2.05) is 44.2 Å². The van der Waals surface area contributed by atoms with E-state index in [9.17, 15) is 9.59 Å². The average molecular weight is 391 g/mol. The van der Waals surface area contributed by atoms with E-state index in [1.165, 1.54) is 32.1 Å². The fourth-order valence-corrected chi connectivity index (χ4v) is 3.32. The molecule has 0 bridgehead atoms. The van der Waals surface area contributed by atoms with Gasteiger partial charge in [0.2, 0.25) is 0 Å². The highest BCUT2D eigenvalue weighted by Gasteiger charge is 2.45. The van der Waals surface area contributed by atoms with Crippen LogP contribution in [0, 0.1) is 5.41 Å². The first-order valence-electron chi connectivity index (χ1n) is 11.0. The van der Waals surface area contributed by atoms with Gasteiger partial charge in [0, 0.05) is 6.42 Å². The molecule has 4 heteroatoms. The molecule has 4 nitrogen and oxygen atoms in total. The molecule has 0 amide bonds. The topological polar surface area (TPSA) is 52.6 Å². The zero-order valence-electron chi connectivity index (χ0n) is 18.0. The van der Waals surface area contributed by atoms with Crippen LogP contribution in [0.25, 0.3) is 0 Å². The lowest BCUT2D eigenvalue weighted by atomic mass is 9.82. The van der Waals surface area contributed by atoms with Crippen LogP contribution in [0.5, 0.6) is 0 Å². The molecule has 1 aromatic carbocycles. The third kappa shape index (κ3) is 8.04. The lowest BCUT2D eigenvalue weighted by Gasteiger charge is -2.27. The van der Waals surface area contributed by atoms with E-state index in [0.29, 0.717) is 25.9 Å². The maximum atomic E-state index is 12.7. The number of carbonyl (C=O) groups excluding carboxylic acids is 2. The molecule has 0 fully saturated rings. The molecule has 1 rings (SSSR count). The van der Waals surface area contributed by atoms with Crippen molar-refractivity contribution in [1.82, 2.24) is 0 Å². The van der Waals surface area contributed by atoms with Crippen LogP contribution in [0.3, 0.4) is 0 Å². The number of unbranched alkanes of at least 4 members (excludes halogenated alkanes) is 6. The standard InChI is InChI=1S/C24H38O4/c1-4-7-8-9-10-11-15-19-27-22(25)24(5-2,6-3)23(26)28-20-18-21-16-13-12-14-17-21/h12-14,16-17H,4-11,15,18-20H2,1-3H3. The van der Waals surface area contributed by atoms with Crippen molar-refractivity contribution >= 4 is 11.9 Å². The van der Waals surface area contributed by atoms with Crippen molar-refractivity contribution < 1.29 is 19.1 Å². The zero-order chi connectivity index (χ0) is 20.7. The summed E-state index contributed by atoms with van der Waals surface area (Å²) in [5, 5.41) is 0. The number of ether oxygens (including phenoxy) is 2. The van der Waals surface area contributed by atoms with E-state index >= 15 is 0 Å². The predicted molar refractivity (Wildman–Crippen MR) is 113 cm³/mol. The molecule has 158 valence electrons. The van der Waals surface area contributed by atoms with Gasteiger partial charge < -0.3 is 9.47 Å². The number of esters is 2. The lowest BCUT2D eigenvalue weighted by Crippen LogP contribution is -2.41. The van der Waals surface area contributed by atoms with Gasteiger partial charge in [-0.05, 0) is 24.8 Å². The third-order valence-corrected chi connectivity index (χ3v) is 5.44. The molecule has 0 spiro atoms. The molecule has 28 heavy (non-hydrogen) atoms. The van der Waals surface area contributed by atoms with Crippen molar-refractivity contribution in [2.24, 2.45) is 5.41 Å². The van der Waals surface area contributed by atoms with Gasteiger partial charge in [0.15, 0.2) is 5.41 Å². The SMILES string of the molecule is CCCCCCCCCOC(=O)C(CC)(CC)C(=O)OCCc1ccccc1. The highest BCUT2D eigenvalue weighted by atomic mass is 16.6. The minimum Gasteiger partial charge on any atom is -0.465 e. The Hall–Kier alpha value is -1.84. The first-order chi connectivity index (χ1) is 13.6. The van der Waals surface area contributed by atoms with Crippen LogP contribution in [-0.4, -0.2) is 25.2 Å². The molecule has 0 saturated carbocycles. The Kier molecular flexibility index (Phi) is 12.3. The highest BCUT2D eigenvalue weighted by Crippen LogP contribution is 2.30. The molecule has 0 aliphatic rings. The van der Waals surface area contributed by atoms with Crippen molar-refractivity contribution in [1.29, 1.82) is 0 Å². The average Bonchev–Trinajstić information content (AvgIpc) is 2.72. The Bertz CT molecular complexity index is 549. The monoisotopic (exact) mass is 390 g/mol. The van der Waals surface area contributed by atoms with Crippen LogP contribution < -0.4 is 0 Å². The van der Waals surface area contributed by atoms with Crippen LogP contribution in [0.4, 0.5) is 0 Å². The molecule has 0 radical (unpaired) electrons. The van der Waals surface area contributed by atoms with Crippen LogP contribution in [-0.2, 0) is 25.5 Å². The van der Waals surface area contributed by atoms with Gasteiger partial charge in [-0.1, -0.05) is 89.6 Å². The summed E-state index contributed by atoms with van der Waals surface area (Å²) >= 11 is 0. The summed E-state index contributed by atoms with van der Waals surface area (Å²) in [6, 6.07) is 9.87. The molecule has 1 aromatic rings. The summed E-state index contributed by atoms with van der Waals surface area (Å²) in [5.74, 6) is -0.897. The number of carbonyl (C=O) groups is 2. The summed E-state index contributed by atoms with van der Waals surface area (Å²) in [5.41, 5.74) is -0.0759. The molecule has 0 aliphatic carbocycles. The van der Waals surface area contributed by atoms with E-state index in [2.05, 4.69) is 6.92 Å². The van der Waals surface area contributed by atoms with Gasteiger partial charge >= 0.3 is 11.9 Å². The van der Waals surface area contributed by atoms with Crippen molar-refractivity contribution in [2.45, 2.75) is 85.0 Å². The Morgan fingerprint density at radius 3 is 1.86 bits per heavy atom. The maximum Gasteiger partial charge on any atom is 0.323 e. The normalized spacial score (nSPS) is 11.2. The van der Waals surface area contributed by atoms with Gasteiger partial charge in [-0.25, -0.2) is 0 Å². The second kappa shape index (κ2) is 14.2. The number of hydrogen-bond acceptors (Lipinski definition) is 4. The van der Waals surface area contributed by atoms with Crippen molar-refractivity contribution in [3.05, 3.63) is 35.9 Å². The van der Waals surface area contributed by atoms with Gasteiger partial charge in [-0.3, -0.25) is 9.59 Å². The molecule has 0 aromatic heterocycles. The quantitative estimate of drug-likeness (QED) is 0.213. The minimum absolute atomic E-state index is 0.273. The molecule has 0 heterocycles. The van der Waals surface area contributed by atoms with Gasteiger partial charge in [0.05, 0.1) is 13.2 Å². The van der Waals surface area contributed by atoms with Crippen LogP contribution in [0.15, 0.2) is 30.3 Å². The van der Waals surface area contributed by atoms with Crippen LogP contribution in [0.2, 0.25) is 0 Å². The van der Waals surface area contributed by atoms with Crippen molar-refractivity contribution in [3.63, 3.8) is 0 Å². The summed E-state index contributed by atoms with van der Waals surface area (Å²) in [7, 11) is 0. The Morgan fingerprint density at radius 2 is 1.29 bits per heavy atom. The second-order valence-electron chi connectivity index (χ2n) is 7.42. The zero-order valence-corrected chi connectivity index (χ0v) is 18.0. The van der Waals surface area contributed by atoms with E-state index in [0.717, 1.165) is 18.4 Å². The minimum atomic E-state index is -1.18. The number of benzene rings is 1. The van der Waals surface area contributed by atoms with E-state index in [4.69, 9.17) is 9.47 Å². The summed E-state index contributed by atoms with van der Waals surface area (Å²) in [6.45, 7) is 6.55. The fraction of sp³-hybridized carbons (Fsp3) is 0.667. The van der Waals surface area contributed by atoms with Gasteiger partial charge in [0.1, 0.15) is 0 Å². The number of hydrogen-bond donors (Lipinski definition) is 0. The summed E-state index contributed by atoms with van der Waals surface area (Å²) < 4.78 is 10.9. The first kappa shape index (κ1) is 24.2. The van der Waals surface area contributed by atoms with Gasteiger partial charge in [-0.2, -0.15) is 0 Å². The molecule has 0 aliphatic heterocycles. The highest BCUT2D eigenvalue weighted by molar-refractivity contribution is 6.00. The Labute approximate surface area is 171 Å². The third-order valence-electron chi connectivity index (χ3n) is 5.44. The molecule has 0 N–H and O–H groups in total. The van der Waals surface area contributed by atoms with E-state index in [-0.39, 0.29) is 6.61 Å². The molecule has 0 saturated heterocycles. The summed E-state index contributed by atoms with van der Waals surface area (Å²) in [4.78, 5) is 25.3.